The van der Waals surface area contributed by atoms with Crippen molar-refractivity contribution >= 4 is 124 Å². The molecular weight excluding hydrogens is 1110 g/mol. The van der Waals surface area contributed by atoms with Gasteiger partial charge < -0.3 is 31.6 Å². The number of nitrogens with two attached hydrogens (primary N) is 1. The van der Waals surface area contributed by atoms with Crippen LogP contribution < -0.4 is 35.3 Å². The number of aromatic nitrogens is 14. The molecule has 0 aliphatic carbocycles. The molecule has 22 nitrogen and oxygen atoms in total. The second kappa shape index (κ2) is 40.4. The second-order valence-corrected chi connectivity index (χ2v) is 15.5. The Labute approximate surface area is 464 Å². The number of hydrogen-bond donors (Lipinski definition) is 3. The molecule has 0 saturated carbocycles. The van der Waals surface area contributed by atoms with E-state index < -0.39 is 15.2 Å². The van der Waals surface area contributed by atoms with Crippen molar-refractivity contribution in [2.24, 2.45) is 0 Å². The number of fused-ring (bicyclic) bond motifs is 4. The van der Waals surface area contributed by atoms with Gasteiger partial charge in [0, 0.05) is 102 Å². The predicted molar refractivity (Wildman–Crippen MR) is 273 cm³/mol. The minimum atomic E-state index is -1.67. The molecule has 9 rings (SSSR count). The number of carbonyl (C=O) groups excluding carboxylic acids is 1. The third kappa shape index (κ3) is 26.3. The topological polar surface area (TPSA) is 275 Å². The summed E-state index contributed by atoms with van der Waals surface area (Å²) in [5.41, 5.74) is 10.1. The van der Waals surface area contributed by atoms with Crippen molar-refractivity contribution in [3.63, 3.8) is 0 Å². The molecule has 0 amide bonds. The maximum atomic E-state index is 11.1. The van der Waals surface area contributed by atoms with Crippen LogP contribution in [0.2, 0.25) is 10.3 Å². The van der Waals surface area contributed by atoms with Crippen LogP contribution in [0.1, 0.15) is 38.5 Å². The maximum Gasteiger partial charge on any atom is 1.00 e. The molecule has 0 fully saturated rings. The smallest absolute Gasteiger partial charge is 1.00 e. The van der Waals surface area contributed by atoms with Crippen LogP contribution in [-0.4, -0.2) is 137 Å². The van der Waals surface area contributed by atoms with E-state index in [0.29, 0.717) is 40.2 Å². The third-order valence-corrected chi connectivity index (χ3v) is 8.30. The second-order valence-electron chi connectivity index (χ2n) is 11.2. The van der Waals surface area contributed by atoms with E-state index in [1.165, 1.54) is 11.6 Å². The van der Waals surface area contributed by atoms with Crippen LogP contribution in [0.4, 0.5) is 5.82 Å². The minimum absolute atomic E-state index is 0. The Morgan fingerprint density at radius 3 is 1.51 bits per heavy atom. The Hall–Kier alpha value is -4.19. The van der Waals surface area contributed by atoms with E-state index in [0.717, 1.165) is 35.1 Å². The number of methoxy groups -OCH3 is 3. The molecule has 31 heteroatoms. The Balaban J connectivity index is -0.000000768. The number of carbonyl (C=O) groups is 1. The molecule has 0 saturated heterocycles. The van der Waals surface area contributed by atoms with Crippen molar-refractivity contribution in [3.05, 3.63) is 138 Å². The maximum absolute atomic E-state index is 11.1. The zero-order valence-electron chi connectivity index (χ0n) is 40.3. The Kier molecular flexibility index (Phi) is 38.0. The van der Waals surface area contributed by atoms with Gasteiger partial charge in [-0.25, -0.2) is 47.0 Å². The summed E-state index contributed by atoms with van der Waals surface area (Å²) < 4.78 is 35.9. The number of aliphatic hydroxyl groups is 2. The molecule has 9 aromatic heterocycles. The van der Waals surface area contributed by atoms with Crippen molar-refractivity contribution in [3.8, 4) is 0 Å². The fourth-order valence-corrected chi connectivity index (χ4v) is 5.15. The van der Waals surface area contributed by atoms with E-state index in [4.69, 9.17) is 65.8 Å². The average Bonchev–Trinajstić information content (AvgIpc) is 4.22. The molecule has 0 aliphatic rings. The summed E-state index contributed by atoms with van der Waals surface area (Å²) in [5.74, 6) is 0.374. The van der Waals surface area contributed by atoms with Gasteiger partial charge in [-0.1, -0.05) is 53.0 Å². The number of rotatable bonds is 6. The standard InChI is InChI=1S/C8H7N3O2.C7H6ClN3.C7H7N3O.C6H4ClN3.C4H9BrO2.C4H4ClN3.C2H6.CH4O.B.Cl2OS.Na.H/c1-13-8(12)6-2-3-7-9-4-5-11(7)10-6;8-5-6-1-2-7-9-3-4-11(7)10-6;11-5-6-1-2-7-8-3-4-10(7)9-6;7-5-1-2-6-8-3-4-10(6)9-5;1-6-4(3-5)7-2;5-3-1-2-4(6)8-7-3;2*1-2;;1-4(2)3;;/h2-5H,1H3;1-4H,5H2;1-4,11H,5H2;1-4H;4H,3H2,1-2H3;1-2H,(H2,6,8);1-2H3;2H,1H3;;;;/q;;;;;;;;;;+1;-1/i;;;;;;1D;;;;;. The first-order chi connectivity index (χ1) is 33.2. The number of nitrogen functional groups attached to an aromatic ring is 1. The number of aliphatic hydroxyl groups excluding tert-OH is 2. The summed E-state index contributed by atoms with van der Waals surface area (Å²) in [6.45, 7) is 2.26. The van der Waals surface area contributed by atoms with Gasteiger partial charge in [0.15, 0.2) is 39.7 Å². The van der Waals surface area contributed by atoms with E-state index >= 15 is 0 Å². The SMILES string of the molecule is CO.COC(=O)c1ccc2nccn2n1.COC(CBr)OC.ClCc1ccc2nccn2n1.Clc1ccc2nccn2n1.Nc1ccc(Cl)nn1.O=S(Cl)Cl.OCc1ccc2nccn2n1.[2H]CC.[B].[H-].[Na+]. The Morgan fingerprint density at radius 1 is 0.743 bits per heavy atom. The number of nitrogens with zero attached hydrogens (tertiary/aromatic N) is 14. The Bertz CT molecular complexity index is 2710. The van der Waals surface area contributed by atoms with Crippen molar-refractivity contribution in [2.45, 2.75) is 32.6 Å². The van der Waals surface area contributed by atoms with Gasteiger partial charge in [-0.2, -0.15) is 20.4 Å². The van der Waals surface area contributed by atoms with Crippen LogP contribution in [0.25, 0.3) is 22.6 Å². The number of imidazole rings is 4. The van der Waals surface area contributed by atoms with E-state index in [1.54, 1.807) is 121 Å². The minimum Gasteiger partial charge on any atom is -1.00 e. The van der Waals surface area contributed by atoms with Gasteiger partial charge in [-0.3, -0.25) is 0 Å². The molecule has 70 heavy (non-hydrogen) atoms. The molecular formula is C39H48BBrCl5N15NaO7S. The van der Waals surface area contributed by atoms with Gasteiger partial charge in [-0.15, -0.1) is 21.8 Å². The van der Waals surface area contributed by atoms with E-state index in [9.17, 15) is 4.79 Å². The zero-order chi connectivity index (χ0) is 51.6. The number of halogens is 6. The van der Waals surface area contributed by atoms with E-state index in [1.807, 2.05) is 24.3 Å². The van der Waals surface area contributed by atoms with E-state index in [2.05, 4.69) is 92.6 Å². The van der Waals surface area contributed by atoms with Gasteiger partial charge in [-0.05, 0) is 60.7 Å². The zero-order valence-corrected chi connectivity index (χ0v) is 46.5. The molecule has 0 unspecified atom stereocenters. The first-order valence-electron chi connectivity index (χ1n) is 19.4. The molecule has 0 aliphatic heterocycles. The van der Waals surface area contributed by atoms with Gasteiger partial charge in [0.05, 0.1) is 36.3 Å². The largest absolute Gasteiger partial charge is 1.00 e. The number of ether oxygens (including phenoxy) is 3. The quantitative estimate of drug-likeness (QED) is 0.0704. The van der Waals surface area contributed by atoms with Crippen LogP contribution >= 0.6 is 72.1 Å². The van der Waals surface area contributed by atoms with E-state index in [-0.39, 0.29) is 58.0 Å². The molecule has 0 aromatic carbocycles. The summed E-state index contributed by atoms with van der Waals surface area (Å²) in [5, 5.41) is 40.4. The molecule has 9 aromatic rings. The summed E-state index contributed by atoms with van der Waals surface area (Å²) in [6, 6.07) is 17.3. The first-order valence-corrected chi connectivity index (χ1v) is 23.9. The molecule has 0 spiro atoms. The molecule has 3 radical (unpaired) electrons. The van der Waals surface area contributed by atoms with Gasteiger partial charge in [0.2, 0.25) is 9.23 Å². The van der Waals surface area contributed by atoms with Crippen LogP contribution in [0.5, 0.6) is 0 Å². The Morgan fingerprint density at radius 2 is 1.14 bits per heavy atom. The predicted octanol–water partition coefficient (Wildman–Crippen LogP) is 3.71. The summed E-state index contributed by atoms with van der Waals surface area (Å²) in [4.78, 5) is 27.1. The van der Waals surface area contributed by atoms with Gasteiger partial charge in [0.1, 0.15) is 11.0 Å². The summed E-state index contributed by atoms with van der Waals surface area (Å²) in [7, 11) is 12.9. The number of esters is 1. The third-order valence-electron chi connectivity index (χ3n) is 7.10. The normalized spacial score (nSPS) is 9.67. The van der Waals surface area contributed by atoms with Crippen LogP contribution in [0, 0.1) is 0 Å². The van der Waals surface area contributed by atoms with Crippen molar-refractivity contribution in [1.82, 2.24) is 68.6 Å². The molecule has 373 valence electrons. The summed E-state index contributed by atoms with van der Waals surface area (Å²) in [6.07, 6.45) is 13.5. The molecule has 0 bridgehead atoms. The van der Waals surface area contributed by atoms with Crippen LogP contribution in [-0.2, 0) is 35.9 Å². The van der Waals surface area contributed by atoms with Crippen LogP contribution in [0.15, 0.2) is 110 Å². The monoisotopic (exact) mass is 1160 g/mol. The number of hydrogen-bond acceptors (Lipinski definition) is 18. The molecule has 4 N–H and O–H groups in total. The fourth-order valence-electron chi connectivity index (χ4n) is 4.23. The van der Waals surface area contributed by atoms with Crippen LogP contribution in [0.3, 0.4) is 0 Å². The van der Waals surface area contributed by atoms with Gasteiger partial charge in [0.25, 0.3) is 0 Å². The fraction of sp³-hybridized carbons (Fsp3) is 0.256. The summed E-state index contributed by atoms with van der Waals surface area (Å²) >= 11 is 19.8. The molecule has 9 heterocycles. The molecule has 0 atom stereocenters. The van der Waals surface area contributed by atoms with Gasteiger partial charge >= 0.3 is 35.5 Å². The van der Waals surface area contributed by atoms with Crippen molar-refractivity contribution in [2.75, 3.05) is 39.5 Å². The number of anilines is 1. The average molecular weight is 1160 g/mol. The van der Waals surface area contributed by atoms with Crippen molar-refractivity contribution in [1.29, 1.82) is 0 Å². The number of alkyl halides is 2. The first kappa shape index (κ1) is 65.8. The van der Waals surface area contributed by atoms with Crippen molar-refractivity contribution < 1.29 is 65.8 Å².